The van der Waals surface area contributed by atoms with Crippen molar-refractivity contribution in [2.45, 2.75) is 29.6 Å². The molecule has 0 aromatic heterocycles. The lowest BCUT2D eigenvalue weighted by Gasteiger charge is -2.31. The highest BCUT2D eigenvalue weighted by Crippen LogP contribution is 2.39. The molecule has 0 aromatic rings. The van der Waals surface area contributed by atoms with Crippen LogP contribution < -0.4 is 0 Å². The van der Waals surface area contributed by atoms with Gasteiger partial charge in [-0.05, 0) is 6.42 Å². The quantitative estimate of drug-likeness (QED) is 0.251. The number of nitrogens with zero attached hydrogens (tertiary/aromatic N) is 2. The molecule has 1 saturated heterocycles. The van der Waals surface area contributed by atoms with Crippen LogP contribution in [0, 0.1) is 16.0 Å². The van der Waals surface area contributed by atoms with Crippen molar-refractivity contribution in [2.24, 2.45) is 5.92 Å². The molecule has 1 amide bonds. The molecule has 2 aliphatic rings. The zero-order valence-corrected chi connectivity index (χ0v) is 13.6. The second kappa shape index (κ2) is 6.17. The van der Waals surface area contributed by atoms with Gasteiger partial charge in [-0.15, -0.1) is 23.2 Å². The SMILES string of the molecule is CN1C(=O)/C(=C/C2C(Cl)CCC([N+](=O)[O-])C2Cl)SC1=S. The molecule has 5 nitrogen and oxygen atoms in total. The van der Waals surface area contributed by atoms with Gasteiger partial charge in [-0.25, -0.2) is 0 Å². The van der Waals surface area contributed by atoms with E-state index in [1.54, 1.807) is 13.1 Å². The van der Waals surface area contributed by atoms with Gasteiger partial charge in [0.05, 0.1) is 4.91 Å². The first kappa shape index (κ1) is 16.0. The lowest BCUT2D eigenvalue weighted by molar-refractivity contribution is -0.526. The van der Waals surface area contributed by atoms with Crippen molar-refractivity contribution < 1.29 is 9.72 Å². The summed E-state index contributed by atoms with van der Waals surface area (Å²) in [5, 5.41) is 9.95. The van der Waals surface area contributed by atoms with E-state index in [4.69, 9.17) is 35.4 Å². The lowest BCUT2D eigenvalue weighted by Crippen LogP contribution is -2.43. The third-order valence-electron chi connectivity index (χ3n) is 3.49. The van der Waals surface area contributed by atoms with Crippen molar-refractivity contribution in [2.75, 3.05) is 7.05 Å². The zero-order valence-electron chi connectivity index (χ0n) is 10.5. The first-order chi connectivity index (χ1) is 9.32. The smallest absolute Gasteiger partial charge is 0.265 e. The van der Waals surface area contributed by atoms with Gasteiger partial charge in [-0.2, -0.15) is 0 Å². The van der Waals surface area contributed by atoms with Crippen LogP contribution in [0.1, 0.15) is 12.8 Å². The Morgan fingerprint density at radius 1 is 1.50 bits per heavy atom. The van der Waals surface area contributed by atoms with Gasteiger partial charge in [0.2, 0.25) is 6.04 Å². The minimum atomic E-state index is -0.834. The summed E-state index contributed by atoms with van der Waals surface area (Å²) in [6.07, 6.45) is 2.51. The first-order valence-corrected chi connectivity index (χ1v) is 8.06. The molecule has 4 atom stereocenters. The summed E-state index contributed by atoms with van der Waals surface area (Å²) in [6, 6.07) is -0.834. The summed E-state index contributed by atoms with van der Waals surface area (Å²) >= 11 is 18.6. The maximum atomic E-state index is 11.9. The van der Waals surface area contributed by atoms with E-state index in [2.05, 4.69) is 0 Å². The van der Waals surface area contributed by atoms with E-state index < -0.39 is 17.3 Å². The van der Waals surface area contributed by atoms with E-state index in [0.717, 1.165) is 0 Å². The number of thiocarbonyl (C=S) groups is 1. The first-order valence-electron chi connectivity index (χ1n) is 5.96. The topological polar surface area (TPSA) is 63.5 Å². The van der Waals surface area contributed by atoms with Crippen LogP contribution >= 0.6 is 47.2 Å². The van der Waals surface area contributed by atoms with Gasteiger partial charge < -0.3 is 0 Å². The van der Waals surface area contributed by atoms with Crippen LogP contribution in [-0.4, -0.2) is 43.9 Å². The van der Waals surface area contributed by atoms with Crippen molar-refractivity contribution in [3.63, 3.8) is 0 Å². The highest BCUT2D eigenvalue weighted by atomic mass is 35.5. The molecule has 0 spiro atoms. The van der Waals surface area contributed by atoms with Crippen LogP contribution in [0.25, 0.3) is 0 Å². The number of rotatable bonds is 2. The minimum Gasteiger partial charge on any atom is -0.296 e. The van der Waals surface area contributed by atoms with Crippen LogP contribution in [0.4, 0.5) is 0 Å². The Morgan fingerprint density at radius 3 is 2.65 bits per heavy atom. The van der Waals surface area contributed by atoms with Gasteiger partial charge in [0.1, 0.15) is 9.70 Å². The number of carbonyl (C=O) groups is 1. The maximum Gasteiger partial charge on any atom is 0.265 e. The fraction of sp³-hybridized carbons (Fsp3) is 0.636. The Morgan fingerprint density at radius 2 is 2.15 bits per heavy atom. The van der Waals surface area contributed by atoms with E-state index in [0.29, 0.717) is 22.1 Å². The molecule has 1 saturated carbocycles. The molecule has 1 aliphatic heterocycles. The van der Waals surface area contributed by atoms with Crippen LogP contribution in [0.15, 0.2) is 11.0 Å². The number of amides is 1. The Hall–Kier alpha value is -0.370. The number of hydrogen-bond donors (Lipinski definition) is 0. The van der Waals surface area contributed by atoms with E-state index in [-0.39, 0.29) is 16.2 Å². The van der Waals surface area contributed by atoms with Crippen molar-refractivity contribution >= 4 is 57.4 Å². The van der Waals surface area contributed by atoms with Crippen LogP contribution in [0.3, 0.4) is 0 Å². The molecule has 0 aromatic carbocycles. The average molecular weight is 355 g/mol. The van der Waals surface area contributed by atoms with E-state index in [9.17, 15) is 14.9 Å². The standard InChI is InChI=1S/C11H12Cl2N2O3S2/c1-14-10(16)8(20-11(14)19)4-5-6(12)2-3-7(9(5)13)15(17)18/h4-7,9H,2-3H2,1H3/b8-4-. The normalized spacial score (nSPS) is 36.8. The number of carbonyl (C=O) groups excluding carboxylic acids is 1. The van der Waals surface area contributed by atoms with Crippen molar-refractivity contribution in [3.8, 4) is 0 Å². The molecule has 9 heteroatoms. The Bertz CT molecular complexity index is 500. The predicted octanol–water partition coefficient (Wildman–Crippen LogP) is 2.63. The van der Waals surface area contributed by atoms with E-state index in [1.807, 2.05) is 0 Å². The molecule has 0 N–H and O–H groups in total. The number of likely N-dealkylation sites (N-methyl/N-ethyl adjacent to an activating group) is 1. The molecule has 1 aliphatic carbocycles. The van der Waals surface area contributed by atoms with Gasteiger partial charge in [0.15, 0.2) is 0 Å². The average Bonchev–Trinajstić information content (AvgIpc) is 2.61. The summed E-state index contributed by atoms with van der Waals surface area (Å²) in [5.41, 5.74) is 0. The molecule has 0 bridgehead atoms. The second-order valence-electron chi connectivity index (χ2n) is 4.73. The molecule has 2 fully saturated rings. The zero-order chi connectivity index (χ0) is 15.0. The summed E-state index contributed by atoms with van der Waals surface area (Å²) in [7, 11) is 1.59. The highest BCUT2D eigenvalue weighted by Gasteiger charge is 2.44. The third-order valence-corrected chi connectivity index (χ3v) is 6.09. The summed E-state index contributed by atoms with van der Waals surface area (Å²) in [4.78, 5) is 24.4. The molecule has 20 heavy (non-hydrogen) atoms. The minimum absolute atomic E-state index is 0.212. The lowest BCUT2D eigenvalue weighted by atomic mass is 9.84. The molecule has 4 unspecified atom stereocenters. The summed E-state index contributed by atoms with van der Waals surface area (Å²) < 4.78 is 0.458. The van der Waals surface area contributed by atoms with Gasteiger partial charge in [-0.1, -0.05) is 30.1 Å². The fourth-order valence-corrected chi connectivity index (χ4v) is 4.40. The molecule has 2 rings (SSSR count). The highest BCUT2D eigenvalue weighted by molar-refractivity contribution is 8.26. The number of thioether (sulfide) groups is 1. The van der Waals surface area contributed by atoms with Gasteiger partial charge >= 0.3 is 0 Å². The maximum absolute atomic E-state index is 11.9. The molecule has 1 heterocycles. The number of alkyl halides is 2. The van der Waals surface area contributed by atoms with Crippen molar-refractivity contribution in [1.29, 1.82) is 0 Å². The monoisotopic (exact) mass is 354 g/mol. The fourth-order valence-electron chi connectivity index (χ4n) is 2.29. The van der Waals surface area contributed by atoms with Crippen molar-refractivity contribution in [3.05, 3.63) is 21.1 Å². The summed E-state index contributed by atoms with van der Waals surface area (Å²) in [5.74, 6) is -0.626. The molecule has 0 radical (unpaired) electrons. The van der Waals surface area contributed by atoms with E-state index >= 15 is 0 Å². The second-order valence-corrected chi connectivity index (χ2v) is 7.47. The largest absolute Gasteiger partial charge is 0.296 e. The third kappa shape index (κ3) is 2.95. The van der Waals surface area contributed by atoms with Gasteiger partial charge in [0.25, 0.3) is 5.91 Å². The Balaban J connectivity index is 2.24. The molecular formula is C11H12Cl2N2O3S2. The van der Waals surface area contributed by atoms with Crippen molar-refractivity contribution in [1.82, 2.24) is 4.90 Å². The van der Waals surface area contributed by atoms with Crippen LogP contribution in [0.2, 0.25) is 0 Å². The van der Waals surface area contributed by atoms with E-state index in [1.165, 1.54) is 16.7 Å². The van der Waals surface area contributed by atoms with Gasteiger partial charge in [0, 0.05) is 29.7 Å². The Labute approximate surface area is 135 Å². The molecule has 110 valence electrons. The Kier molecular flexibility index (Phi) is 4.94. The molecular weight excluding hydrogens is 343 g/mol. The number of nitro groups is 1. The van der Waals surface area contributed by atoms with Crippen LogP contribution in [-0.2, 0) is 4.79 Å². The number of allylic oxidation sites excluding steroid dienone is 1. The number of halogens is 2. The van der Waals surface area contributed by atoms with Crippen LogP contribution in [0.5, 0.6) is 0 Å². The summed E-state index contributed by atoms with van der Waals surface area (Å²) in [6.45, 7) is 0. The number of hydrogen-bond acceptors (Lipinski definition) is 5. The van der Waals surface area contributed by atoms with Gasteiger partial charge in [-0.3, -0.25) is 19.8 Å². The predicted molar refractivity (Wildman–Crippen MR) is 83.8 cm³/mol.